The summed E-state index contributed by atoms with van der Waals surface area (Å²) in [6.45, 7) is 4.86. The second-order valence-electron chi connectivity index (χ2n) is 4.89. The van der Waals surface area contributed by atoms with E-state index in [0.29, 0.717) is 6.42 Å². The second-order valence-corrected chi connectivity index (χ2v) is 4.89. The molecule has 20 heavy (non-hydrogen) atoms. The van der Waals surface area contributed by atoms with Crippen molar-refractivity contribution >= 4 is 17.7 Å². The van der Waals surface area contributed by atoms with E-state index in [1.54, 1.807) is 0 Å². The predicted molar refractivity (Wildman–Crippen MR) is 77.4 cm³/mol. The first-order chi connectivity index (χ1) is 9.49. The highest BCUT2D eigenvalue weighted by Crippen LogP contribution is 2.09. The molecule has 5 heteroatoms. The number of aliphatic carboxylic acids is 1. The lowest BCUT2D eigenvalue weighted by molar-refractivity contribution is -0.145. The number of amides is 1. The Morgan fingerprint density at radius 1 is 1.10 bits per heavy atom. The fourth-order valence-electron chi connectivity index (χ4n) is 1.92. The minimum atomic E-state index is -1.40. The number of carbonyl (C=O) groups excluding carboxylic acids is 2. The minimum absolute atomic E-state index is 0.198. The molecule has 1 unspecified atom stereocenters. The van der Waals surface area contributed by atoms with Crippen molar-refractivity contribution in [3.8, 4) is 0 Å². The zero-order valence-electron chi connectivity index (χ0n) is 12.2. The van der Waals surface area contributed by atoms with Crippen LogP contribution in [0, 0.1) is 0 Å². The average molecular weight is 283 g/mol. The molecule has 0 fully saturated rings. The fraction of sp³-hybridized carbons (Fsp3) is 0.667. The number of carbonyl (C=O) groups is 3. The standard InChI is InChI=1S/C15H25NO4/c1-3-4-5-6-7-8-9-10-11-13(18)14(15(19)20)16-12(2)17/h3,14H,1,4-11H2,2H3,(H,16,17)(H,19,20). The van der Waals surface area contributed by atoms with Gasteiger partial charge in [-0.1, -0.05) is 31.8 Å². The maximum Gasteiger partial charge on any atom is 0.334 e. The van der Waals surface area contributed by atoms with Crippen LogP contribution in [0.4, 0.5) is 0 Å². The third kappa shape index (κ3) is 9.30. The molecule has 2 N–H and O–H groups in total. The maximum atomic E-state index is 11.7. The zero-order chi connectivity index (χ0) is 15.4. The van der Waals surface area contributed by atoms with E-state index < -0.39 is 23.7 Å². The zero-order valence-corrected chi connectivity index (χ0v) is 12.2. The summed E-state index contributed by atoms with van der Waals surface area (Å²) in [5.41, 5.74) is 0. The van der Waals surface area contributed by atoms with Crippen LogP contribution >= 0.6 is 0 Å². The highest BCUT2D eigenvalue weighted by atomic mass is 16.4. The third-order valence-corrected chi connectivity index (χ3v) is 3.00. The van der Waals surface area contributed by atoms with Crippen molar-refractivity contribution in [2.45, 2.75) is 64.3 Å². The number of unbranched alkanes of at least 4 members (excludes halogenated alkanes) is 6. The Labute approximate surface area is 120 Å². The molecule has 0 saturated heterocycles. The number of rotatable bonds is 12. The highest BCUT2D eigenvalue weighted by Gasteiger charge is 2.25. The molecular weight excluding hydrogens is 258 g/mol. The van der Waals surface area contributed by atoms with Crippen molar-refractivity contribution in [2.75, 3.05) is 0 Å². The molecule has 0 aromatic rings. The Morgan fingerprint density at radius 3 is 2.15 bits per heavy atom. The summed E-state index contributed by atoms with van der Waals surface area (Å²) in [7, 11) is 0. The number of ketones is 1. The number of carboxylic acid groups (broad SMARTS) is 1. The molecule has 0 aromatic heterocycles. The molecule has 0 spiro atoms. The summed E-state index contributed by atoms with van der Waals surface area (Å²) in [5, 5.41) is 11.0. The van der Waals surface area contributed by atoms with E-state index in [-0.39, 0.29) is 6.42 Å². The number of allylic oxidation sites excluding steroid dienone is 1. The van der Waals surface area contributed by atoms with Crippen LogP contribution in [0.15, 0.2) is 12.7 Å². The number of hydrogen-bond acceptors (Lipinski definition) is 3. The quantitative estimate of drug-likeness (QED) is 0.327. The highest BCUT2D eigenvalue weighted by molar-refractivity contribution is 6.04. The summed E-state index contributed by atoms with van der Waals surface area (Å²) in [5.74, 6) is -2.23. The van der Waals surface area contributed by atoms with Gasteiger partial charge < -0.3 is 10.4 Å². The van der Waals surface area contributed by atoms with Gasteiger partial charge in [-0.25, -0.2) is 4.79 Å². The molecular formula is C15H25NO4. The summed E-state index contributed by atoms with van der Waals surface area (Å²) < 4.78 is 0. The largest absolute Gasteiger partial charge is 0.479 e. The molecule has 0 saturated carbocycles. The van der Waals surface area contributed by atoms with Gasteiger partial charge >= 0.3 is 5.97 Å². The number of carboxylic acids is 1. The van der Waals surface area contributed by atoms with Gasteiger partial charge in [0.25, 0.3) is 0 Å². The summed E-state index contributed by atoms with van der Waals surface area (Å²) in [6.07, 6.45) is 9.19. The maximum absolute atomic E-state index is 11.7. The van der Waals surface area contributed by atoms with Crippen LogP contribution in [0.5, 0.6) is 0 Å². The molecule has 0 aromatic carbocycles. The van der Waals surface area contributed by atoms with Gasteiger partial charge in [-0.05, 0) is 19.3 Å². The lowest BCUT2D eigenvalue weighted by Gasteiger charge is -2.11. The van der Waals surface area contributed by atoms with Gasteiger partial charge in [-0.15, -0.1) is 6.58 Å². The Morgan fingerprint density at radius 2 is 1.65 bits per heavy atom. The van der Waals surface area contributed by atoms with Gasteiger partial charge in [0.2, 0.25) is 5.91 Å². The molecule has 0 rings (SSSR count). The monoisotopic (exact) mass is 283 g/mol. The number of hydrogen-bond donors (Lipinski definition) is 2. The van der Waals surface area contributed by atoms with Crippen LogP contribution in [-0.4, -0.2) is 28.8 Å². The summed E-state index contributed by atoms with van der Waals surface area (Å²) >= 11 is 0. The van der Waals surface area contributed by atoms with E-state index in [4.69, 9.17) is 5.11 Å². The first-order valence-corrected chi connectivity index (χ1v) is 7.12. The van der Waals surface area contributed by atoms with Gasteiger partial charge in [0.1, 0.15) is 0 Å². The smallest absolute Gasteiger partial charge is 0.334 e. The van der Waals surface area contributed by atoms with E-state index in [1.807, 2.05) is 6.08 Å². The third-order valence-electron chi connectivity index (χ3n) is 3.00. The van der Waals surface area contributed by atoms with Crippen LogP contribution in [0.25, 0.3) is 0 Å². The minimum Gasteiger partial charge on any atom is -0.479 e. The lowest BCUT2D eigenvalue weighted by Crippen LogP contribution is -2.45. The van der Waals surface area contributed by atoms with E-state index in [0.717, 1.165) is 38.5 Å². The fourth-order valence-corrected chi connectivity index (χ4v) is 1.92. The summed E-state index contributed by atoms with van der Waals surface area (Å²) in [4.78, 5) is 33.4. The van der Waals surface area contributed by atoms with Crippen LogP contribution in [0.3, 0.4) is 0 Å². The van der Waals surface area contributed by atoms with Crippen molar-refractivity contribution in [3.05, 3.63) is 12.7 Å². The lowest BCUT2D eigenvalue weighted by atomic mass is 10.0. The van der Waals surface area contributed by atoms with Crippen molar-refractivity contribution < 1.29 is 19.5 Å². The Bertz CT molecular complexity index is 339. The Hall–Kier alpha value is -1.65. The molecule has 1 amide bonds. The first-order valence-electron chi connectivity index (χ1n) is 7.12. The van der Waals surface area contributed by atoms with E-state index >= 15 is 0 Å². The Balaban J connectivity index is 3.76. The number of nitrogens with one attached hydrogen (secondary N) is 1. The van der Waals surface area contributed by atoms with Gasteiger partial charge in [0, 0.05) is 13.3 Å². The van der Waals surface area contributed by atoms with Crippen molar-refractivity contribution in [1.82, 2.24) is 5.32 Å². The molecule has 0 heterocycles. The second kappa shape index (κ2) is 11.2. The summed E-state index contributed by atoms with van der Waals surface area (Å²) in [6, 6.07) is -1.40. The molecule has 0 bridgehead atoms. The van der Waals surface area contributed by atoms with Crippen LogP contribution < -0.4 is 5.32 Å². The predicted octanol–water partition coefficient (Wildman–Crippen LogP) is 2.45. The van der Waals surface area contributed by atoms with E-state index in [2.05, 4.69) is 11.9 Å². The number of Topliss-reactive ketones (excluding diaryl/α,β-unsaturated/α-hetero) is 1. The topological polar surface area (TPSA) is 83.5 Å². The van der Waals surface area contributed by atoms with Gasteiger partial charge in [0.05, 0.1) is 0 Å². The molecule has 0 aliphatic rings. The van der Waals surface area contributed by atoms with Gasteiger partial charge in [-0.3, -0.25) is 9.59 Å². The van der Waals surface area contributed by atoms with Gasteiger partial charge in [0.15, 0.2) is 11.8 Å². The average Bonchev–Trinajstić information content (AvgIpc) is 2.38. The van der Waals surface area contributed by atoms with Crippen LogP contribution in [0.2, 0.25) is 0 Å². The van der Waals surface area contributed by atoms with E-state index in [1.165, 1.54) is 6.92 Å². The molecule has 114 valence electrons. The van der Waals surface area contributed by atoms with Crippen molar-refractivity contribution in [1.29, 1.82) is 0 Å². The van der Waals surface area contributed by atoms with Crippen molar-refractivity contribution in [3.63, 3.8) is 0 Å². The molecule has 1 atom stereocenters. The van der Waals surface area contributed by atoms with Crippen molar-refractivity contribution in [2.24, 2.45) is 0 Å². The Kier molecular flexibility index (Phi) is 10.3. The normalized spacial score (nSPS) is 11.7. The molecule has 0 aliphatic heterocycles. The van der Waals surface area contributed by atoms with Gasteiger partial charge in [-0.2, -0.15) is 0 Å². The molecule has 0 radical (unpaired) electrons. The van der Waals surface area contributed by atoms with E-state index in [9.17, 15) is 14.4 Å². The molecule has 0 aliphatic carbocycles. The first kappa shape index (κ1) is 18.4. The molecule has 5 nitrogen and oxygen atoms in total. The SMILES string of the molecule is C=CCCCCCCCCC(=O)C(NC(C)=O)C(=O)O. The van der Waals surface area contributed by atoms with Crippen LogP contribution in [0.1, 0.15) is 58.3 Å². The van der Waals surface area contributed by atoms with Crippen LogP contribution in [-0.2, 0) is 14.4 Å².